The van der Waals surface area contributed by atoms with Crippen molar-refractivity contribution in [2.45, 2.75) is 13.8 Å². The SMILES string of the molecule is COc1cc([N+](=O)[O-])ccc1NC(=O)CNc1c(C)cccc1C. The fourth-order valence-electron chi connectivity index (χ4n) is 2.35. The number of hydrogen-bond donors (Lipinski definition) is 2. The van der Waals surface area contributed by atoms with Crippen LogP contribution in [0.5, 0.6) is 5.75 Å². The summed E-state index contributed by atoms with van der Waals surface area (Å²) in [6.45, 7) is 4.00. The van der Waals surface area contributed by atoms with E-state index in [1.54, 1.807) is 0 Å². The van der Waals surface area contributed by atoms with Crippen LogP contribution in [-0.2, 0) is 4.79 Å². The predicted molar refractivity (Wildman–Crippen MR) is 92.7 cm³/mol. The van der Waals surface area contributed by atoms with Crippen LogP contribution in [-0.4, -0.2) is 24.5 Å². The molecule has 2 N–H and O–H groups in total. The number of anilines is 2. The molecule has 0 aliphatic carbocycles. The van der Waals surface area contributed by atoms with Gasteiger partial charge in [-0.3, -0.25) is 14.9 Å². The number of para-hydroxylation sites is 1. The van der Waals surface area contributed by atoms with Crippen LogP contribution in [0.15, 0.2) is 36.4 Å². The zero-order valence-corrected chi connectivity index (χ0v) is 13.8. The summed E-state index contributed by atoms with van der Waals surface area (Å²) in [6.07, 6.45) is 0. The number of amides is 1. The van der Waals surface area contributed by atoms with Crippen molar-refractivity contribution < 1.29 is 14.5 Å². The van der Waals surface area contributed by atoms with Gasteiger partial charge in [-0.25, -0.2) is 0 Å². The highest BCUT2D eigenvalue weighted by molar-refractivity contribution is 5.95. The Morgan fingerprint density at radius 3 is 2.46 bits per heavy atom. The van der Waals surface area contributed by atoms with Gasteiger partial charge >= 0.3 is 0 Å². The lowest BCUT2D eigenvalue weighted by molar-refractivity contribution is -0.384. The Kier molecular flexibility index (Phi) is 5.36. The van der Waals surface area contributed by atoms with E-state index in [-0.39, 0.29) is 23.9 Å². The Labute approximate surface area is 139 Å². The van der Waals surface area contributed by atoms with Gasteiger partial charge in [0.05, 0.1) is 30.3 Å². The molecule has 7 nitrogen and oxygen atoms in total. The zero-order valence-electron chi connectivity index (χ0n) is 13.8. The summed E-state index contributed by atoms with van der Waals surface area (Å²) in [4.78, 5) is 22.4. The second-order valence-corrected chi connectivity index (χ2v) is 5.31. The number of aryl methyl sites for hydroxylation is 2. The molecule has 0 spiro atoms. The maximum absolute atomic E-state index is 12.1. The minimum atomic E-state index is -0.517. The number of carbonyl (C=O) groups is 1. The molecule has 0 saturated heterocycles. The van der Waals surface area contributed by atoms with Crippen molar-refractivity contribution in [3.05, 3.63) is 57.6 Å². The molecule has 0 radical (unpaired) electrons. The number of rotatable bonds is 6. The average Bonchev–Trinajstić information content (AvgIpc) is 2.54. The Bertz CT molecular complexity index is 754. The maximum Gasteiger partial charge on any atom is 0.273 e. The molecule has 0 heterocycles. The zero-order chi connectivity index (χ0) is 17.7. The Morgan fingerprint density at radius 1 is 1.21 bits per heavy atom. The van der Waals surface area contributed by atoms with Crippen molar-refractivity contribution >= 4 is 23.0 Å². The van der Waals surface area contributed by atoms with Gasteiger partial charge < -0.3 is 15.4 Å². The highest BCUT2D eigenvalue weighted by Gasteiger charge is 2.13. The second-order valence-electron chi connectivity index (χ2n) is 5.31. The van der Waals surface area contributed by atoms with E-state index in [1.807, 2.05) is 32.0 Å². The number of ether oxygens (including phenoxy) is 1. The Morgan fingerprint density at radius 2 is 1.88 bits per heavy atom. The first-order valence-electron chi connectivity index (χ1n) is 7.34. The van der Waals surface area contributed by atoms with E-state index in [2.05, 4.69) is 10.6 Å². The minimum absolute atomic E-state index is 0.0752. The Hall–Kier alpha value is -3.09. The smallest absolute Gasteiger partial charge is 0.273 e. The Balaban J connectivity index is 2.06. The normalized spacial score (nSPS) is 10.1. The van der Waals surface area contributed by atoms with Crippen LogP contribution in [0.4, 0.5) is 17.1 Å². The van der Waals surface area contributed by atoms with E-state index in [1.165, 1.54) is 25.3 Å². The van der Waals surface area contributed by atoms with E-state index < -0.39 is 4.92 Å². The number of non-ortho nitro benzene ring substituents is 1. The van der Waals surface area contributed by atoms with Gasteiger partial charge in [0.15, 0.2) is 0 Å². The monoisotopic (exact) mass is 329 g/mol. The van der Waals surface area contributed by atoms with Gasteiger partial charge in [-0.05, 0) is 31.0 Å². The van der Waals surface area contributed by atoms with Crippen LogP contribution in [0.2, 0.25) is 0 Å². The molecule has 0 fully saturated rings. The van der Waals surface area contributed by atoms with Gasteiger partial charge in [-0.15, -0.1) is 0 Å². The van der Waals surface area contributed by atoms with Crippen LogP contribution in [0.1, 0.15) is 11.1 Å². The predicted octanol–water partition coefficient (Wildman–Crippen LogP) is 3.27. The first-order chi connectivity index (χ1) is 11.4. The number of nitrogens with one attached hydrogen (secondary N) is 2. The highest BCUT2D eigenvalue weighted by Crippen LogP contribution is 2.29. The third-order valence-electron chi connectivity index (χ3n) is 3.58. The van der Waals surface area contributed by atoms with Gasteiger partial charge in [-0.2, -0.15) is 0 Å². The van der Waals surface area contributed by atoms with E-state index in [0.717, 1.165) is 16.8 Å². The van der Waals surface area contributed by atoms with E-state index in [4.69, 9.17) is 4.74 Å². The molecule has 0 aromatic heterocycles. The van der Waals surface area contributed by atoms with Gasteiger partial charge in [0.1, 0.15) is 5.75 Å². The molecule has 126 valence electrons. The van der Waals surface area contributed by atoms with Crippen molar-refractivity contribution in [3.8, 4) is 5.75 Å². The van der Waals surface area contributed by atoms with Crippen LogP contribution >= 0.6 is 0 Å². The third-order valence-corrected chi connectivity index (χ3v) is 3.58. The largest absolute Gasteiger partial charge is 0.494 e. The van der Waals surface area contributed by atoms with Gasteiger partial charge in [0.2, 0.25) is 5.91 Å². The molecule has 0 unspecified atom stereocenters. The molecule has 24 heavy (non-hydrogen) atoms. The summed E-state index contributed by atoms with van der Waals surface area (Å²) in [5, 5.41) is 16.6. The van der Waals surface area contributed by atoms with Gasteiger partial charge in [-0.1, -0.05) is 18.2 Å². The molecule has 0 aliphatic rings. The number of nitro groups is 1. The molecule has 0 bridgehead atoms. The standard InChI is InChI=1S/C17H19N3O4/c1-11-5-4-6-12(2)17(11)18-10-16(21)19-14-8-7-13(20(22)23)9-15(14)24-3/h4-9,18H,10H2,1-3H3,(H,19,21). The minimum Gasteiger partial charge on any atom is -0.494 e. The van der Waals surface area contributed by atoms with Gasteiger partial charge in [0.25, 0.3) is 5.69 Å². The maximum atomic E-state index is 12.1. The summed E-state index contributed by atoms with van der Waals surface area (Å²) in [5.41, 5.74) is 3.31. The summed E-state index contributed by atoms with van der Waals surface area (Å²) in [7, 11) is 1.39. The molecular weight excluding hydrogens is 310 g/mol. The quantitative estimate of drug-likeness (QED) is 0.626. The molecule has 0 atom stereocenters. The third kappa shape index (κ3) is 4.01. The summed E-state index contributed by atoms with van der Waals surface area (Å²) < 4.78 is 5.10. The van der Waals surface area contributed by atoms with E-state index >= 15 is 0 Å². The number of benzene rings is 2. The van der Waals surface area contributed by atoms with Gasteiger partial charge in [0, 0.05) is 11.8 Å². The summed E-state index contributed by atoms with van der Waals surface area (Å²) in [6, 6.07) is 9.93. The number of hydrogen-bond acceptors (Lipinski definition) is 5. The number of nitro benzene ring substituents is 1. The molecule has 0 aliphatic heterocycles. The molecular formula is C17H19N3O4. The molecule has 1 amide bonds. The first kappa shape index (κ1) is 17.3. The summed E-state index contributed by atoms with van der Waals surface area (Å²) in [5.74, 6) is -0.0329. The number of nitrogens with zero attached hydrogens (tertiary/aromatic N) is 1. The van der Waals surface area contributed by atoms with E-state index in [9.17, 15) is 14.9 Å². The van der Waals surface area contributed by atoms with Crippen molar-refractivity contribution in [1.82, 2.24) is 0 Å². The lowest BCUT2D eigenvalue weighted by Crippen LogP contribution is -2.22. The second kappa shape index (κ2) is 7.45. The fourth-order valence-corrected chi connectivity index (χ4v) is 2.35. The van der Waals surface area contributed by atoms with Crippen LogP contribution in [0.3, 0.4) is 0 Å². The number of methoxy groups -OCH3 is 1. The van der Waals surface area contributed by atoms with Crippen LogP contribution < -0.4 is 15.4 Å². The lowest BCUT2D eigenvalue weighted by atomic mass is 10.1. The van der Waals surface area contributed by atoms with Crippen molar-refractivity contribution in [3.63, 3.8) is 0 Å². The topological polar surface area (TPSA) is 93.5 Å². The van der Waals surface area contributed by atoms with Crippen molar-refractivity contribution in [2.75, 3.05) is 24.3 Å². The van der Waals surface area contributed by atoms with Crippen LogP contribution in [0, 0.1) is 24.0 Å². The molecule has 2 rings (SSSR count). The average molecular weight is 329 g/mol. The lowest BCUT2D eigenvalue weighted by Gasteiger charge is -2.13. The van der Waals surface area contributed by atoms with Crippen molar-refractivity contribution in [2.24, 2.45) is 0 Å². The molecule has 2 aromatic carbocycles. The molecule has 2 aromatic rings. The van der Waals surface area contributed by atoms with Crippen LogP contribution in [0.25, 0.3) is 0 Å². The number of carbonyl (C=O) groups excluding carboxylic acids is 1. The highest BCUT2D eigenvalue weighted by atomic mass is 16.6. The van der Waals surface area contributed by atoms with Crippen molar-refractivity contribution in [1.29, 1.82) is 0 Å². The molecule has 7 heteroatoms. The first-order valence-corrected chi connectivity index (χ1v) is 7.34. The van der Waals surface area contributed by atoms with E-state index in [0.29, 0.717) is 5.69 Å². The summed E-state index contributed by atoms with van der Waals surface area (Å²) >= 11 is 0. The fraction of sp³-hybridized carbons (Fsp3) is 0.235. The molecule has 0 saturated carbocycles.